The first kappa shape index (κ1) is 17.3. The molecule has 0 spiro atoms. The van der Waals surface area contributed by atoms with Gasteiger partial charge < -0.3 is 19.5 Å². The molecule has 6 heteroatoms. The van der Waals surface area contributed by atoms with Gasteiger partial charge in [-0.1, -0.05) is 0 Å². The van der Waals surface area contributed by atoms with Gasteiger partial charge in [0.25, 0.3) is 0 Å². The molecule has 2 amide bonds. The average Bonchev–Trinajstić information content (AvgIpc) is 3.22. The Morgan fingerprint density at radius 3 is 2.92 bits per heavy atom. The van der Waals surface area contributed by atoms with Crippen molar-refractivity contribution in [3.05, 3.63) is 47.0 Å². The topological polar surface area (TPSA) is 59.4 Å². The lowest BCUT2D eigenvalue weighted by molar-refractivity contribution is 0.190. The van der Waals surface area contributed by atoms with E-state index >= 15 is 0 Å². The van der Waals surface area contributed by atoms with Crippen LogP contribution in [0.15, 0.2) is 24.5 Å². The second kappa shape index (κ2) is 7.17. The molecule has 0 bridgehead atoms. The second-order valence-corrected chi connectivity index (χ2v) is 6.60. The zero-order chi connectivity index (χ0) is 18.0. The molecule has 1 fully saturated rings. The molecule has 1 aliphatic heterocycles. The summed E-state index contributed by atoms with van der Waals surface area (Å²) in [6.45, 7) is 5.13. The van der Waals surface area contributed by atoms with Crippen LogP contribution in [-0.4, -0.2) is 34.1 Å². The normalized spacial score (nSPS) is 17.0. The van der Waals surface area contributed by atoms with Gasteiger partial charge in [-0.2, -0.15) is 0 Å². The van der Waals surface area contributed by atoms with Crippen LogP contribution >= 0.6 is 0 Å². The molecule has 6 nitrogen and oxygen atoms in total. The van der Waals surface area contributed by atoms with E-state index in [-0.39, 0.29) is 12.1 Å². The summed E-state index contributed by atoms with van der Waals surface area (Å²) in [6, 6.07) is 4.22. The molecule has 134 valence electrons. The van der Waals surface area contributed by atoms with Crippen molar-refractivity contribution in [2.24, 2.45) is 7.05 Å². The molecule has 1 aliphatic rings. The number of aromatic nitrogens is 2. The Kier molecular flexibility index (Phi) is 4.97. The number of pyridine rings is 1. The molecule has 1 N–H and O–H groups in total. The van der Waals surface area contributed by atoms with Crippen molar-refractivity contribution in [1.29, 1.82) is 0 Å². The van der Waals surface area contributed by atoms with Crippen molar-refractivity contribution in [1.82, 2.24) is 19.8 Å². The second-order valence-electron chi connectivity index (χ2n) is 6.60. The van der Waals surface area contributed by atoms with Crippen LogP contribution < -0.4 is 10.1 Å². The summed E-state index contributed by atoms with van der Waals surface area (Å²) in [5.41, 5.74) is 3.99. The van der Waals surface area contributed by atoms with Gasteiger partial charge in [0.2, 0.25) is 0 Å². The zero-order valence-electron chi connectivity index (χ0n) is 15.4. The average molecular weight is 342 g/mol. The fraction of sp³-hybridized carbons (Fsp3) is 0.474. The van der Waals surface area contributed by atoms with Gasteiger partial charge in [0.15, 0.2) is 0 Å². The molecule has 3 heterocycles. The summed E-state index contributed by atoms with van der Waals surface area (Å²) in [4.78, 5) is 19.1. The number of hydrogen-bond donors (Lipinski definition) is 1. The maximum atomic E-state index is 12.7. The summed E-state index contributed by atoms with van der Waals surface area (Å²) in [6.07, 6.45) is 5.84. The molecular weight excluding hydrogens is 316 g/mol. The quantitative estimate of drug-likeness (QED) is 0.929. The molecule has 2 aromatic heterocycles. The number of likely N-dealkylation sites (tertiary alicyclic amines) is 1. The van der Waals surface area contributed by atoms with Gasteiger partial charge in [-0.15, -0.1) is 0 Å². The maximum absolute atomic E-state index is 12.7. The van der Waals surface area contributed by atoms with Gasteiger partial charge in [-0.05, 0) is 38.8 Å². The van der Waals surface area contributed by atoms with Gasteiger partial charge in [-0.3, -0.25) is 4.98 Å². The van der Waals surface area contributed by atoms with Crippen molar-refractivity contribution in [2.45, 2.75) is 39.3 Å². The Labute approximate surface area is 148 Å². The van der Waals surface area contributed by atoms with Crippen molar-refractivity contribution >= 4 is 6.03 Å². The number of aryl methyl sites for hydroxylation is 2. The number of nitrogens with one attached hydrogen (secondary N) is 1. The van der Waals surface area contributed by atoms with Crippen LogP contribution in [0.3, 0.4) is 0 Å². The van der Waals surface area contributed by atoms with Crippen LogP contribution in [-0.2, 0) is 13.6 Å². The summed E-state index contributed by atoms with van der Waals surface area (Å²) in [5, 5.41) is 3.02. The van der Waals surface area contributed by atoms with Crippen molar-refractivity contribution in [2.75, 3.05) is 13.7 Å². The SMILES string of the molecule is COc1c(C)cnc(CNC(=O)N2CCC[C@@H]2c2cccn2C)c1C. The fourth-order valence-corrected chi connectivity index (χ4v) is 3.65. The summed E-state index contributed by atoms with van der Waals surface area (Å²) < 4.78 is 7.53. The van der Waals surface area contributed by atoms with Crippen LogP contribution in [0.25, 0.3) is 0 Å². The molecule has 0 saturated carbocycles. The molecule has 0 aromatic carbocycles. The van der Waals surface area contributed by atoms with E-state index in [2.05, 4.69) is 20.9 Å². The van der Waals surface area contributed by atoms with E-state index in [0.29, 0.717) is 6.54 Å². The monoisotopic (exact) mass is 342 g/mol. The first-order valence-corrected chi connectivity index (χ1v) is 8.67. The number of methoxy groups -OCH3 is 1. The van der Waals surface area contributed by atoms with Gasteiger partial charge in [0.05, 0.1) is 25.4 Å². The first-order chi connectivity index (χ1) is 12.0. The van der Waals surface area contributed by atoms with Crippen LogP contribution in [0.4, 0.5) is 4.79 Å². The van der Waals surface area contributed by atoms with Gasteiger partial charge >= 0.3 is 6.03 Å². The van der Waals surface area contributed by atoms with Crippen molar-refractivity contribution in [3.63, 3.8) is 0 Å². The fourth-order valence-electron chi connectivity index (χ4n) is 3.65. The van der Waals surface area contributed by atoms with E-state index in [4.69, 9.17) is 4.74 Å². The van der Waals surface area contributed by atoms with E-state index in [0.717, 1.165) is 42.0 Å². The van der Waals surface area contributed by atoms with E-state index in [1.165, 1.54) is 5.69 Å². The van der Waals surface area contributed by atoms with Crippen LogP contribution in [0.1, 0.15) is 41.4 Å². The number of hydrogen-bond acceptors (Lipinski definition) is 3. The van der Waals surface area contributed by atoms with E-state index in [1.807, 2.05) is 38.1 Å². The Hall–Kier alpha value is -2.50. The third-order valence-electron chi connectivity index (χ3n) is 5.00. The maximum Gasteiger partial charge on any atom is 0.318 e. The summed E-state index contributed by atoms with van der Waals surface area (Å²) in [7, 11) is 3.68. The third-order valence-corrected chi connectivity index (χ3v) is 5.00. The zero-order valence-corrected chi connectivity index (χ0v) is 15.4. The summed E-state index contributed by atoms with van der Waals surface area (Å²) in [5.74, 6) is 0.835. The molecule has 0 unspecified atom stereocenters. The summed E-state index contributed by atoms with van der Waals surface area (Å²) >= 11 is 0. The largest absolute Gasteiger partial charge is 0.496 e. The predicted octanol–water partition coefficient (Wildman–Crippen LogP) is 3.09. The minimum absolute atomic E-state index is 0.0376. The van der Waals surface area contributed by atoms with Crippen LogP contribution in [0, 0.1) is 13.8 Å². The van der Waals surface area contributed by atoms with Gasteiger partial charge in [0, 0.05) is 42.8 Å². The standard InChI is InChI=1S/C19H26N4O2/c1-13-11-20-15(14(2)18(13)25-4)12-21-19(24)23-10-6-8-17(23)16-7-5-9-22(16)3/h5,7,9,11,17H,6,8,10,12H2,1-4H3,(H,21,24)/t17-/m1/s1. The molecular formula is C19H26N4O2. The minimum atomic E-state index is -0.0376. The number of rotatable bonds is 4. The first-order valence-electron chi connectivity index (χ1n) is 8.67. The molecule has 2 aromatic rings. The van der Waals surface area contributed by atoms with E-state index in [9.17, 15) is 4.79 Å². The van der Waals surface area contributed by atoms with E-state index in [1.54, 1.807) is 13.3 Å². The van der Waals surface area contributed by atoms with Gasteiger partial charge in [0.1, 0.15) is 5.75 Å². The highest BCUT2D eigenvalue weighted by Gasteiger charge is 2.31. The minimum Gasteiger partial charge on any atom is -0.496 e. The Morgan fingerprint density at radius 1 is 1.44 bits per heavy atom. The molecule has 0 aliphatic carbocycles. The molecule has 25 heavy (non-hydrogen) atoms. The molecule has 1 atom stereocenters. The Balaban J connectivity index is 1.70. The Morgan fingerprint density at radius 2 is 2.24 bits per heavy atom. The van der Waals surface area contributed by atoms with Gasteiger partial charge in [-0.25, -0.2) is 4.79 Å². The lowest BCUT2D eigenvalue weighted by Gasteiger charge is -2.25. The number of carbonyl (C=O) groups excluding carboxylic acids is 1. The number of urea groups is 1. The van der Waals surface area contributed by atoms with Crippen LogP contribution in [0.5, 0.6) is 5.75 Å². The lowest BCUT2D eigenvalue weighted by atomic mass is 10.1. The molecule has 3 rings (SSSR count). The lowest BCUT2D eigenvalue weighted by Crippen LogP contribution is -2.39. The highest BCUT2D eigenvalue weighted by Crippen LogP contribution is 2.32. The number of carbonyl (C=O) groups is 1. The number of nitrogens with zero attached hydrogens (tertiary/aromatic N) is 3. The smallest absolute Gasteiger partial charge is 0.318 e. The van der Waals surface area contributed by atoms with Crippen molar-refractivity contribution < 1.29 is 9.53 Å². The third kappa shape index (κ3) is 3.34. The highest BCUT2D eigenvalue weighted by atomic mass is 16.5. The highest BCUT2D eigenvalue weighted by molar-refractivity contribution is 5.75. The van der Waals surface area contributed by atoms with Crippen LogP contribution in [0.2, 0.25) is 0 Å². The number of ether oxygens (including phenoxy) is 1. The number of amides is 2. The molecule has 1 saturated heterocycles. The van der Waals surface area contributed by atoms with E-state index < -0.39 is 0 Å². The molecule has 0 radical (unpaired) electrons. The Bertz CT molecular complexity index is 769. The predicted molar refractivity (Wildman–Crippen MR) is 96.6 cm³/mol. The van der Waals surface area contributed by atoms with Crippen molar-refractivity contribution in [3.8, 4) is 5.75 Å².